The Morgan fingerprint density at radius 2 is 1.64 bits per heavy atom. The van der Waals surface area contributed by atoms with Crippen LogP contribution in [0.5, 0.6) is 0 Å². The molecule has 6 nitrogen and oxygen atoms in total. The van der Waals surface area contributed by atoms with E-state index in [1.54, 1.807) is 7.11 Å². The molecule has 1 aromatic rings. The third kappa shape index (κ3) is 6.36. The first-order valence-corrected chi connectivity index (χ1v) is 10.3. The van der Waals surface area contributed by atoms with Gasteiger partial charge in [0.25, 0.3) is 0 Å². The van der Waals surface area contributed by atoms with Gasteiger partial charge in [0.15, 0.2) is 0 Å². The van der Waals surface area contributed by atoms with Crippen molar-refractivity contribution in [3.8, 4) is 0 Å². The van der Waals surface area contributed by atoms with E-state index in [2.05, 4.69) is 29.2 Å². The Kier molecular flexibility index (Phi) is 8.89. The minimum atomic E-state index is 0.132. The van der Waals surface area contributed by atoms with Gasteiger partial charge in [-0.25, -0.2) is 0 Å². The van der Waals surface area contributed by atoms with Crippen LogP contribution in [0.15, 0.2) is 30.3 Å². The number of carbonyl (C=O) groups excluding carboxylic acids is 1. The largest absolute Gasteiger partial charge is 0.382 e. The molecule has 2 aliphatic rings. The lowest BCUT2D eigenvalue weighted by molar-refractivity contribution is -0.134. The van der Waals surface area contributed by atoms with E-state index in [-0.39, 0.29) is 5.92 Å². The van der Waals surface area contributed by atoms with Crippen molar-refractivity contribution in [1.29, 1.82) is 0 Å². The Labute approximate surface area is 168 Å². The number of fused-ring (bicyclic) bond motifs is 2. The molecule has 2 heterocycles. The molecule has 0 spiro atoms. The summed E-state index contributed by atoms with van der Waals surface area (Å²) in [5.74, 6) is 0.462. The molecule has 28 heavy (non-hydrogen) atoms. The molecule has 0 amide bonds. The highest BCUT2D eigenvalue weighted by molar-refractivity contribution is 5.81. The Morgan fingerprint density at radius 1 is 1.00 bits per heavy atom. The van der Waals surface area contributed by atoms with E-state index in [1.807, 2.05) is 6.07 Å². The van der Waals surface area contributed by atoms with Gasteiger partial charge < -0.3 is 18.9 Å². The highest BCUT2D eigenvalue weighted by Crippen LogP contribution is 2.33. The van der Waals surface area contributed by atoms with Gasteiger partial charge in [-0.2, -0.15) is 0 Å². The zero-order valence-electron chi connectivity index (χ0n) is 16.9. The number of hydrogen-bond acceptors (Lipinski definition) is 6. The quantitative estimate of drug-likeness (QED) is 0.510. The van der Waals surface area contributed by atoms with Crippen LogP contribution in [0, 0.1) is 5.92 Å². The summed E-state index contributed by atoms with van der Waals surface area (Å²) in [6.45, 7) is 5.08. The molecule has 0 N–H and O–H groups in total. The first-order chi connectivity index (χ1) is 13.8. The van der Waals surface area contributed by atoms with Crippen molar-refractivity contribution in [1.82, 2.24) is 4.90 Å². The average Bonchev–Trinajstić information content (AvgIpc) is 2.70. The molecule has 0 saturated carbocycles. The number of carbonyl (C=O) groups is 1. The topological polar surface area (TPSA) is 57.2 Å². The van der Waals surface area contributed by atoms with Crippen LogP contribution in [0.2, 0.25) is 0 Å². The number of ketones is 1. The Bertz CT molecular complexity index is 568. The number of piperidine rings is 1. The fraction of sp³-hybridized carbons (Fsp3) is 0.682. The van der Waals surface area contributed by atoms with E-state index in [0.717, 1.165) is 32.6 Å². The Morgan fingerprint density at radius 3 is 2.32 bits per heavy atom. The summed E-state index contributed by atoms with van der Waals surface area (Å²) < 4.78 is 21.6. The second-order valence-electron chi connectivity index (χ2n) is 7.61. The number of Topliss-reactive ketones (excluding diaryl/α,β-unsaturated/α-hetero) is 1. The van der Waals surface area contributed by atoms with E-state index < -0.39 is 0 Å². The number of ether oxygens (including phenoxy) is 4. The Hall–Kier alpha value is -1.31. The molecule has 2 fully saturated rings. The van der Waals surface area contributed by atoms with E-state index in [9.17, 15) is 4.79 Å². The lowest BCUT2D eigenvalue weighted by atomic mass is 9.81. The highest BCUT2D eigenvalue weighted by atomic mass is 16.5. The molecule has 0 aromatic heterocycles. The van der Waals surface area contributed by atoms with Gasteiger partial charge >= 0.3 is 0 Å². The lowest BCUT2D eigenvalue weighted by Crippen LogP contribution is -2.57. The minimum Gasteiger partial charge on any atom is -0.382 e. The van der Waals surface area contributed by atoms with E-state index >= 15 is 0 Å². The standard InChI is InChI=1S/C22H33NO5/c1-25-9-10-27-12-11-26-8-7-22(24)19-13-20-16-28-17-21(14-19)23(20)15-18-5-3-2-4-6-18/h2-6,19-21H,7-17H2,1H3. The molecule has 2 atom stereocenters. The van der Waals surface area contributed by atoms with E-state index in [1.165, 1.54) is 5.56 Å². The van der Waals surface area contributed by atoms with Gasteiger partial charge in [-0.1, -0.05) is 30.3 Å². The molecule has 6 heteroatoms. The van der Waals surface area contributed by atoms with Crippen LogP contribution < -0.4 is 0 Å². The van der Waals surface area contributed by atoms with Crippen LogP contribution in [0.25, 0.3) is 0 Å². The number of rotatable bonds is 12. The zero-order chi connectivity index (χ0) is 19.6. The van der Waals surface area contributed by atoms with Crippen LogP contribution in [0.3, 0.4) is 0 Å². The summed E-state index contributed by atoms with van der Waals surface area (Å²) in [4.78, 5) is 15.2. The molecule has 1 aromatic carbocycles. The summed E-state index contributed by atoms with van der Waals surface area (Å²) >= 11 is 0. The molecular weight excluding hydrogens is 358 g/mol. The monoisotopic (exact) mass is 391 g/mol. The molecule has 3 rings (SSSR count). The van der Waals surface area contributed by atoms with Gasteiger partial charge in [-0.15, -0.1) is 0 Å². The maximum absolute atomic E-state index is 12.7. The molecule has 2 aliphatic heterocycles. The SMILES string of the molecule is COCCOCCOCCC(=O)C1CC2COCC(C1)N2Cc1ccccc1. The molecule has 156 valence electrons. The lowest BCUT2D eigenvalue weighted by Gasteiger charge is -2.48. The summed E-state index contributed by atoms with van der Waals surface area (Å²) in [6.07, 6.45) is 2.27. The van der Waals surface area contributed by atoms with Gasteiger partial charge in [0.2, 0.25) is 0 Å². The van der Waals surface area contributed by atoms with Gasteiger partial charge in [-0.3, -0.25) is 9.69 Å². The first-order valence-electron chi connectivity index (χ1n) is 10.3. The summed E-state index contributed by atoms with van der Waals surface area (Å²) in [6, 6.07) is 11.2. The van der Waals surface area contributed by atoms with Crippen molar-refractivity contribution in [2.45, 2.75) is 37.9 Å². The fourth-order valence-corrected chi connectivity index (χ4v) is 4.15. The average molecular weight is 392 g/mol. The van der Waals surface area contributed by atoms with Crippen molar-refractivity contribution in [3.05, 3.63) is 35.9 Å². The van der Waals surface area contributed by atoms with Gasteiger partial charge in [-0.05, 0) is 18.4 Å². The van der Waals surface area contributed by atoms with E-state index in [0.29, 0.717) is 57.3 Å². The third-order valence-electron chi connectivity index (χ3n) is 5.63. The van der Waals surface area contributed by atoms with Crippen molar-refractivity contribution >= 4 is 5.78 Å². The van der Waals surface area contributed by atoms with Gasteiger partial charge in [0, 0.05) is 38.1 Å². The van der Waals surface area contributed by atoms with Crippen molar-refractivity contribution in [2.24, 2.45) is 5.92 Å². The number of morpholine rings is 1. The number of benzene rings is 1. The molecule has 0 radical (unpaired) electrons. The van der Waals surface area contributed by atoms with E-state index in [4.69, 9.17) is 18.9 Å². The van der Waals surface area contributed by atoms with Gasteiger partial charge in [0.05, 0.1) is 46.2 Å². The molecule has 2 saturated heterocycles. The Balaban J connectivity index is 1.39. The highest BCUT2D eigenvalue weighted by Gasteiger charge is 2.40. The predicted molar refractivity (Wildman–Crippen MR) is 106 cm³/mol. The molecular formula is C22H33NO5. The van der Waals surface area contributed by atoms with Crippen molar-refractivity contribution in [2.75, 3.05) is 53.4 Å². The zero-order valence-corrected chi connectivity index (χ0v) is 16.9. The smallest absolute Gasteiger partial charge is 0.138 e. The van der Waals surface area contributed by atoms with Crippen LogP contribution in [0.4, 0.5) is 0 Å². The van der Waals surface area contributed by atoms with Gasteiger partial charge in [0.1, 0.15) is 5.78 Å². The number of nitrogens with zero attached hydrogens (tertiary/aromatic N) is 1. The first kappa shape index (κ1) is 21.4. The number of hydrogen-bond donors (Lipinski definition) is 0. The molecule has 2 unspecified atom stereocenters. The van der Waals surface area contributed by atoms with Crippen molar-refractivity contribution in [3.63, 3.8) is 0 Å². The second kappa shape index (κ2) is 11.6. The third-order valence-corrected chi connectivity index (χ3v) is 5.63. The van der Waals surface area contributed by atoms with Crippen LogP contribution in [-0.4, -0.2) is 76.1 Å². The maximum atomic E-state index is 12.7. The maximum Gasteiger partial charge on any atom is 0.138 e. The van der Waals surface area contributed by atoms with Crippen LogP contribution in [-0.2, 0) is 30.3 Å². The summed E-state index contributed by atoms with van der Waals surface area (Å²) in [7, 11) is 1.65. The summed E-state index contributed by atoms with van der Waals surface area (Å²) in [5.41, 5.74) is 1.32. The minimum absolute atomic E-state index is 0.132. The number of methoxy groups -OCH3 is 1. The summed E-state index contributed by atoms with van der Waals surface area (Å²) in [5, 5.41) is 0. The van der Waals surface area contributed by atoms with Crippen LogP contribution in [0.1, 0.15) is 24.8 Å². The predicted octanol–water partition coefficient (Wildman–Crippen LogP) is 2.30. The van der Waals surface area contributed by atoms with Crippen molar-refractivity contribution < 1.29 is 23.7 Å². The second-order valence-corrected chi connectivity index (χ2v) is 7.61. The molecule has 2 bridgehead atoms. The molecule has 0 aliphatic carbocycles. The normalized spacial score (nSPS) is 25.0. The fourth-order valence-electron chi connectivity index (χ4n) is 4.15. The van der Waals surface area contributed by atoms with Crippen LogP contribution >= 0.6 is 0 Å².